The number of nitriles is 2. The van der Waals surface area contributed by atoms with Crippen molar-refractivity contribution < 1.29 is 4.79 Å². The fourth-order valence-electron chi connectivity index (χ4n) is 4.51. The number of nitrogens with zero attached hydrogens (tertiary/aromatic N) is 6. The van der Waals surface area contributed by atoms with Crippen LogP contribution in [0, 0.1) is 22.7 Å². The van der Waals surface area contributed by atoms with Crippen LogP contribution >= 0.6 is 12.4 Å². The van der Waals surface area contributed by atoms with Gasteiger partial charge in [0.15, 0.2) is 5.82 Å². The Bertz CT molecular complexity index is 1510. The van der Waals surface area contributed by atoms with Crippen LogP contribution in [0.4, 0.5) is 16.3 Å². The molecule has 1 aliphatic rings. The Morgan fingerprint density at radius 1 is 0.892 bits per heavy atom. The summed E-state index contributed by atoms with van der Waals surface area (Å²) in [7, 11) is 0. The molecular formula is C28H24ClN7O. The smallest absolute Gasteiger partial charge is 0.321 e. The molecule has 9 heteroatoms. The van der Waals surface area contributed by atoms with Crippen LogP contribution in [0.5, 0.6) is 0 Å². The van der Waals surface area contributed by atoms with Crippen molar-refractivity contribution in [3.8, 4) is 23.4 Å². The van der Waals surface area contributed by atoms with Crippen LogP contribution in [0.3, 0.4) is 0 Å². The molecule has 2 amide bonds. The van der Waals surface area contributed by atoms with Crippen LogP contribution in [0.2, 0.25) is 0 Å². The predicted octanol–water partition coefficient (Wildman–Crippen LogP) is 5.20. The van der Waals surface area contributed by atoms with E-state index in [1.165, 1.54) is 0 Å². The van der Waals surface area contributed by atoms with E-state index in [-0.39, 0.29) is 24.5 Å². The van der Waals surface area contributed by atoms with Gasteiger partial charge in [-0.2, -0.15) is 10.5 Å². The minimum Gasteiger partial charge on any atom is -0.348 e. The predicted molar refractivity (Wildman–Crippen MR) is 145 cm³/mol. The Labute approximate surface area is 221 Å². The molecule has 1 saturated heterocycles. The molecule has 8 nitrogen and oxygen atoms in total. The fourth-order valence-corrected chi connectivity index (χ4v) is 4.51. The molecule has 4 aromatic rings. The number of hydrogen-bond acceptors (Lipinski definition) is 6. The third kappa shape index (κ3) is 5.16. The summed E-state index contributed by atoms with van der Waals surface area (Å²) in [6, 6.07) is 26.3. The summed E-state index contributed by atoms with van der Waals surface area (Å²) in [6.07, 6.45) is 0. The average molecular weight is 510 g/mol. The summed E-state index contributed by atoms with van der Waals surface area (Å²) in [5, 5.41) is 32.1. The molecule has 1 unspecified atom stereocenters. The quantitative estimate of drug-likeness (QED) is 0.406. The number of nitrogens with one attached hydrogen (secondary N) is 1. The molecule has 0 spiro atoms. The third-order valence-electron chi connectivity index (χ3n) is 6.41. The minimum atomic E-state index is -0.168. The number of carbonyl (C=O) groups is 1. The number of carbonyl (C=O) groups excluding carboxylic acids is 1. The normalized spacial score (nSPS) is 14.8. The molecule has 1 fully saturated rings. The van der Waals surface area contributed by atoms with Gasteiger partial charge in [0.25, 0.3) is 0 Å². The number of amides is 2. The number of fused-ring (bicyclic) bond motifs is 1. The van der Waals surface area contributed by atoms with Crippen molar-refractivity contribution >= 4 is 40.7 Å². The Morgan fingerprint density at radius 3 is 2.14 bits per heavy atom. The number of urea groups is 1. The maximum absolute atomic E-state index is 12.9. The van der Waals surface area contributed by atoms with Crippen molar-refractivity contribution in [2.24, 2.45) is 0 Å². The van der Waals surface area contributed by atoms with Crippen molar-refractivity contribution in [3.63, 3.8) is 0 Å². The molecule has 184 valence electrons. The second-order valence-corrected chi connectivity index (χ2v) is 8.71. The van der Waals surface area contributed by atoms with E-state index in [4.69, 9.17) is 10.5 Å². The van der Waals surface area contributed by atoms with Crippen LogP contribution in [0.25, 0.3) is 22.0 Å². The van der Waals surface area contributed by atoms with Gasteiger partial charge in [0.05, 0.1) is 23.3 Å². The Morgan fingerprint density at radius 2 is 1.51 bits per heavy atom. The molecule has 37 heavy (non-hydrogen) atoms. The van der Waals surface area contributed by atoms with E-state index in [9.17, 15) is 4.79 Å². The van der Waals surface area contributed by atoms with E-state index < -0.39 is 0 Å². The van der Waals surface area contributed by atoms with Crippen molar-refractivity contribution in [2.45, 2.75) is 13.0 Å². The minimum absolute atomic E-state index is 0. The highest BCUT2D eigenvalue weighted by atomic mass is 35.5. The van der Waals surface area contributed by atoms with E-state index in [2.05, 4.69) is 39.5 Å². The Hall–Kier alpha value is -4.66. The van der Waals surface area contributed by atoms with E-state index in [1.807, 2.05) is 36.4 Å². The van der Waals surface area contributed by atoms with Crippen LogP contribution in [0.1, 0.15) is 18.1 Å². The van der Waals surface area contributed by atoms with Crippen LogP contribution in [-0.2, 0) is 0 Å². The number of piperazine rings is 1. The van der Waals surface area contributed by atoms with Crippen molar-refractivity contribution in [3.05, 3.63) is 83.9 Å². The van der Waals surface area contributed by atoms with Gasteiger partial charge in [0.2, 0.25) is 0 Å². The van der Waals surface area contributed by atoms with E-state index in [0.29, 0.717) is 36.4 Å². The first-order valence-corrected chi connectivity index (χ1v) is 11.7. The number of benzene rings is 3. The molecule has 1 aliphatic heterocycles. The molecule has 2 heterocycles. The van der Waals surface area contributed by atoms with Crippen molar-refractivity contribution in [2.75, 3.05) is 29.9 Å². The molecule has 0 saturated carbocycles. The summed E-state index contributed by atoms with van der Waals surface area (Å²) in [4.78, 5) is 16.8. The molecule has 0 aliphatic carbocycles. The first-order valence-electron chi connectivity index (χ1n) is 11.7. The van der Waals surface area contributed by atoms with Gasteiger partial charge in [0, 0.05) is 47.7 Å². The summed E-state index contributed by atoms with van der Waals surface area (Å²) >= 11 is 0. The zero-order chi connectivity index (χ0) is 25.1. The SMILES string of the molecule is CC1CN(C(=O)Nc2ccc(C#N)cc2)CCN1c1nnc(-c2ccc(C#N)cc2)c2ccccc12.Cl. The topological polar surface area (TPSA) is 109 Å². The standard InChI is InChI=1S/C28H23N7O.ClH/c1-19-18-34(28(36)31-23-12-8-21(17-30)9-13-23)14-15-35(19)27-25-5-3-2-4-24(25)26(32-33-27)22-10-6-20(16-29)7-11-22;/h2-13,19H,14-15,18H2,1H3,(H,31,36);1H. The highest BCUT2D eigenvalue weighted by Gasteiger charge is 2.29. The number of aromatic nitrogens is 2. The summed E-state index contributed by atoms with van der Waals surface area (Å²) in [6.45, 7) is 3.78. The van der Waals surface area contributed by atoms with Gasteiger partial charge in [-0.05, 0) is 43.3 Å². The summed E-state index contributed by atoms with van der Waals surface area (Å²) in [5.41, 5.74) is 3.48. The van der Waals surface area contributed by atoms with Gasteiger partial charge in [-0.15, -0.1) is 22.6 Å². The molecule has 0 radical (unpaired) electrons. The van der Waals surface area contributed by atoms with E-state index in [1.54, 1.807) is 41.3 Å². The van der Waals surface area contributed by atoms with Crippen LogP contribution in [0.15, 0.2) is 72.8 Å². The van der Waals surface area contributed by atoms with Gasteiger partial charge in [0.1, 0.15) is 5.69 Å². The molecule has 1 N–H and O–H groups in total. The lowest BCUT2D eigenvalue weighted by Crippen LogP contribution is -2.55. The average Bonchev–Trinajstić information content (AvgIpc) is 2.93. The monoisotopic (exact) mass is 509 g/mol. The Balaban J connectivity index is 0.00000320. The van der Waals surface area contributed by atoms with Gasteiger partial charge in [-0.1, -0.05) is 36.4 Å². The second-order valence-electron chi connectivity index (χ2n) is 8.71. The highest BCUT2D eigenvalue weighted by Crippen LogP contribution is 2.33. The fraction of sp³-hybridized carbons (Fsp3) is 0.179. The summed E-state index contributed by atoms with van der Waals surface area (Å²) < 4.78 is 0. The lowest BCUT2D eigenvalue weighted by molar-refractivity contribution is 0.200. The molecule has 3 aromatic carbocycles. The molecule has 1 aromatic heterocycles. The third-order valence-corrected chi connectivity index (χ3v) is 6.41. The largest absolute Gasteiger partial charge is 0.348 e. The van der Waals surface area contributed by atoms with Crippen LogP contribution in [-0.4, -0.2) is 46.8 Å². The maximum atomic E-state index is 12.9. The van der Waals surface area contributed by atoms with Crippen molar-refractivity contribution in [1.82, 2.24) is 15.1 Å². The van der Waals surface area contributed by atoms with Gasteiger partial charge in [-0.25, -0.2) is 4.79 Å². The first kappa shape index (κ1) is 25.4. The second kappa shape index (κ2) is 10.9. The van der Waals surface area contributed by atoms with Gasteiger partial charge < -0.3 is 15.1 Å². The molecule has 1 atom stereocenters. The van der Waals surface area contributed by atoms with E-state index in [0.717, 1.165) is 27.8 Å². The zero-order valence-corrected chi connectivity index (χ0v) is 20.9. The lowest BCUT2D eigenvalue weighted by Gasteiger charge is -2.40. The highest BCUT2D eigenvalue weighted by molar-refractivity contribution is 6.00. The first-order chi connectivity index (χ1) is 17.6. The molecular weight excluding hydrogens is 486 g/mol. The number of hydrogen-bond donors (Lipinski definition) is 1. The van der Waals surface area contributed by atoms with Gasteiger partial charge >= 0.3 is 6.03 Å². The summed E-state index contributed by atoms with van der Waals surface area (Å²) in [5.74, 6) is 0.794. The Kier molecular flexibility index (Phi) is 7.52. The lowest BCUT2D eigenvalue weighted by atomic mass is 10.0. The molecule has 0 bridgehead atoms. The maximum Gasteiger partial charge on any atom is 0.321 e. The number of anilines is 2. The van der Waals surface area contributed by atoms with E-state index >= 15 is 0 Å². The van der Waals surface area contributed by atoms with Gasteiger partial charge in [-0.3, -0.25) is 0 Å². The zero-order valence-electron chi connectivity index (χ0n) is 20.1. The van der Waals surface area contributed by atoms with Crippen LogP contribution < -0.4 is 10.2 Å². The number of halogens is 1. The van der Waals surface area contributed by atoms with Crippen molar-refractivity contribution in [1.29, 1.82) is 10.5 Å². The number of rotatable bonds is 3. The molecule has 5 rings (SSSR count).